The van der Waals surface area contributed by atoms with E-state index < -0.39 is 0 Å². The summed E-state index contributed by atoms with van der Waals surface area (Å²) in [5.74, 6) is 7.72. The van der Waals surface area contributed by atoms with E-state index >= 15 is 0 Å². The Morgan fingerprint density at radius 1 is 1.00 bits per heavy atom. The minimum atomic E-state index is -0.0727. The number of rotatable bonds is 2. The van der Waals surface area contributed by atoms with Crippen LogP contribution in [0.2, 0.25) is 0 Å². The van der Waals surface area contributed by atoms with Crippen LogP contribution < -0.4 is 0 Å². The SMILES string of the molecule is Cn1cc(C(C)(C#Cc2ccccc2)C2CC2)c2ccccc21. The van der Waals surface area contributed by atoms with Gasteiger partial charge >= 0.3 is 0 Å². The van der Waals surface area contributed by atoms with Crippen LogP contribution in [0.1, 0.15) is 30.9 Å². The number of hydrogen-bond acceptors (Lipinski definition) is 0. The van der Waals surface area contributed by atoms with E-state index in [-0.39, 0.29) is 5.41 Å². The van der Waals surface area contributed by atoms with E-state index in [0.717, 1.165) is 5.56 Å². The summed E-state index contributed by atoms with van der Waals surface area (Å²) in [6, 6.07) is 19.0. The molecule has 1 atom stereocenters. The summed E-state index contributed by atoms with van der Waals surface area (Å²) < 4.78 is 2.23. The topological polar surface area (TPSA) is 4.93 Å². The van der Waals surface area contributed by atoms with Crippen LogP contribution in [0.15, 0.2) is 60.8 Å². The third-order valence-corrected chi connectivity index (χ3v) is 5.09. The van der Waals surface area contributed by atoms with Gasteiger partial charge in [-0.05, 0) is 49.4 Å². The van der Waals surface area contributed by atoms with E-state index in [1.165, 1.54) is 29.3 Å². The molecule has 2 aromatic carbocycles. The third-order valence-electron chi connectivity index (χ3n) is 5.09. The fourth-order valence-corrected chi connectivity index (χ4v) is 3.53. The smallest absolute Gasteiger partial charge is 0.0587 e. The normalized spacial score (nSPS) is 16.6. The van der Waals surface area contributed by atoms with Crippen LogP contribution in [-0.2, 0) is 12.5 Å². The monoisotopic (exact) mass is 299 g/mol. The van der Waals surface area contributed by atoms with Crippen molar-refractivity contribution in [3.8, 4) is 11.8 Å². The Hall–Kier alpha value is -2.46. The number of para-hydroxylation sites is 1. The van der Waals surface area contributed by atoms with Gasteiger partial charge in [0.15, 0.2) is 0 Å². The van der Waals surface area contributed by atoms with Crippen molar-refractivity contribution in [1.82, 2.24) is 4.57 Å². The van der Waals surface area contributed by atoms with E-state index in [1.54, 1.807) is 0 Å². The molecule has 0 radical (unpaired) electrons. The second-order valence-electron chi connectivity index (χ2n) is 6.76. The maximum atomic E-state index is 3.63. The van der Waals surface area contributed by atoms with Crippen molar-refractivity contribution in [1.29, 1.82) is 0 Å². The van der Waals surface area contributed by atoms with Gasteiger partial charge in [-0.2, -0.15) is 0 Å². The Morgan fingerprint density at radius 2 is 1.70 bits per heavy atom. The molecule has 1 heteroatoms. The summed E-state index contributed by atoms with van der Waals surface area (Å²) in [6.45, 7) is 2.32. The molecule has 114 valence electrons. The average Bonchev–Trinajstić information content (AvgIpc) is 3.39. The van der Waals surface area contributed by atoms with Gasteiger partial charge in [0.1, 0.15) is 0 Å². The fourth-order valence-electron chi connectivity index (χ4n) is 3.53. The zero-order valence-corrected chi connectivity index (χ0v) is 13.7. The minimum Gasteiger partial charge on any atom is -0.350 e. The van der Waals surface area contributed by atoms with Crippen molar-refractivity contribution < 1.29 is 0 Å². The molecule has 1 aromatic heterocycles. The first kappa shape index (κ1) is 14.2. The Morgan fingerprint density at radius 3 is 2.43 bits per heavy atom. The molecule has 3 aromatic rings. The maximum absolute atomic E-state index is 3.63. The molecule has 1 aliphatic rings. The van der Waals surface area contributed by atoms with Gasteiger partial charge in [-0.3, -0.25) is 0 Å². The molecule has 23 heavy (non-hydrogen) atoms. The third kappa shape index (κ3) is 2.45. The summed E-state index contributed by atoms with van der Waals surface area (Å²) in [4.78, 5) is 0. The number of aryl methyl sites for hydroxylation is 1. The first-order chi connectivity index (χ1) is 11.2. The molecule has 1 unspecified atom stereocenters. The van der Waals surface area contributed by atoms with Crippen LogP contribution in [0.3, 0.4) is 0 Å². The Kier molecular flexibility index (Phi) is 3.27. The van der Waals surface area contributed by atoms with Crippen LogP contribution in [0.25, 0.3) is 10.9 Å². The van der Waals surface area contributed by atoms with E-state index in [0.29, 0.717) is 5.92 Å². The highest BCUT2D eigenvalue weighted by Crippen LogP contribution is 2.49. The Balaban J connectivity index is 1.86. The number of hydrogen-bond donors (Lipinski definition) is 0. The second-order valence-corrected chi connectivity index (χ2v) is 6.76. The highest BCUT2D eigenvalue weighted by atomic mass is 14.9. The molecule has 0 N–H and O–H groups in total. The minimum absolute atomic E-state index is 0.0727. The molecule has 0 amide bonds. The molecule has 0 bridgehead atoms. The molecule has 0 aliphatic heterocycles. The first-order valence-electron chi connectivity index (χ1n) is 8.31. The molecule has 4 rings (SSSR count). The summed E-state index contributed by atoms with van der Waals surface area (Å²) in [7, 11) is 2.13. The van der Waals surface area contributed by atoms with Crippen LogP contribution in [0, 0.1) is 17.8 Å². The zero-order chi connectivity index (χ0) is 15.9. The maximum Gasteiger partial charge on any atom is 0.0587 e. The lowest BCUT2D eigenvalue weighted by molar-refractivity contribution is 0.538. The van der Waals surface area contributed by atoms with Crippen molar-refractivity contribution in [2.24, 2.45) is 13.0 Å². The van der Waals surface area contributed by atoms with Gasteiger partial charge in [0.25, 0.3) is 0 Å². The molecule has 0 spiro atoms. The number of aromatic nitrogens is 1. The predicted molar refractivity (Wildman–Crippen MR) is 96.3 cm³/mol. The van der Waals surface area contributed by atoms with Crippen LogP contribution in [0.4, 0.5) is 0 Å². The van der Waals surface area contributed by atoms with E-state index in [4.69, 9.17) is 0 Å². The lowest BCUT2D eigenvalue weighted by Crippen LogP contribution is -2.22. The fraction of sp³-hybridized carbons (Fsp3) is 0.273. The van der Waals surface area contributed by atoms with E-state index in [1.807, 2.05) is 6.07 Å². The standard InChI is InChI=1S/C22H21N/c1-22(18-12-13-18,15-14-17-8-4-3-5-9-17)20-16-23(2)21-11-7-6-10-19(20)21/h3-11,16,18H,12-13H2,1-2H3. The first-order valence-corrected chi connectivity index (χ1v) is 8.31. The number of nitrogens with zero attached hydrogens (tertiary/aromatic N) is 1. The quantitative estimate of drug-likeness (QED) is 0.593. The highest BCUT2D eigenvalue weighted by molar-refractivity contribution is 5.85. The summed E-state index contributed by atoms with van der Waals surface area (Å²) in [5, 5.41) is 1.34. The highest BCUT2D eigenvalue weighted by Gasteiger charge is 2.43. The van der Waals surface area contributed by atoms with Crippen molar-refractivity contribution in [2.75, 3.05) is 0 Å². The van der Waals surface area contributed by atoms with Crippen LogP contribution >= 0.6 is 0 Å². The lowest BCUT2D eigenvalue weighted by atomic mass is 9.78. The molecule has 1 saturated carbocycles. The molecule has 1 heterocycles. The van der Waals surface area contributed by atoms with Gasteiger partial charge in [-0.25, -0.2) is 0 Å². The van der Waals surface area contributed by atoms with Crippen LogP contribution in [-0.4, -0.2) is 4.57 Å². The average molecular weight is 299 g/mol. The van der Waals surface area contributed by atoms with Crippen molar-refractivity contribution in [3.63, 3.8) is 0 Å². The number of benzene rings is 2. The van der Waals surface area contributed by atoms with Gasteiger partial charge in [0.2, 0.25) is 0 Å². The van der Waals surface area contributed by atoms with Gasteiger partial charge in [-0.1, -0.05) is 48.2 Å². The van der Waals surface area contributed by atoms with Crippen molar-refractivity contribution >= 4 is 10.9 Å². The van der Waals surface area contributed by atoms with Gasteiger partial charge in [0.05, 0.1) is 5.41 Å². The molecule has 0 saturated heterocycles. The Bertz CT molecular complexity index is 903. The molecule has 1 aliphatic carbocycles. The number of fused-ring (bicyclic) bond motifs is 1. The predicted octanol–water partition coefficient (Wildman–Crippen LogP) is 4.90. The van der Waals surface area contributed by atoms with Crippen molar-refractivity contribution in [2.45, 2.75) is 25.2 Å². The second kappa shape index (κ2) is 5.32. The summed E-state index contributed by atoms with van der Waals surface area (Å²) >= 11 is 0. The van der Waals surface area contributed by atoms with Gasteiger partial charge in [-0.15, -0.1) is 0 Å². The van der Waals surface area contributed by atoms with Gasteiger partial charge in [0, 0.05) is 29.7 Å². The van der Waals surface area contributed by atoms with E-state index in [9.17, 15) is 0 Å². The molecule has 1 fully saturated rings. The molecular weight excluding hydrogens is 278 g/mol. The summed E-state index contributed by atoms with van der Waals surface area (Å²) in [6.07, 6.45) is 4.84. The Labute approximate surface area is 138 Å². The zero-order valence-electron chi connectivity index (χ0n) is 13.7. The lowest BCUT2D eigenvalue weighted by Gasteiger charge is -2.23. The largest absolute Gasteiger partial charge is 0.350 e. The summed E-state index contributed by atoms with van der Waals surface area (Å²) in [5.41, 5.74) is 3.69. The van der Waals surface area contributed by atoms with E-state index in [2.05, 4.69) is 85.1 Å². The molecule has 1 nitrogen and oxygen atoms in total. The molecular formula is C22H21N. The van der Waals surface area contributed by atoms with Crippen molar-refractivity contribution in [3.05, 3.63) is 71.9 Å². The van der Waals surface area contributed by atoms with Gasteiger partial charge < -0.3 is 4.57 Å². The van der Waals surface area contributed by atoms with Crippen LogP contribution in [0.5, 0.6) is 0 Å².